The fourth-order valence-electron chi connectivity index (χ4n) is 1.32. The largest absolute Gasteiger partial charge is 0.327 e. The number of rotatable bonds is 5. The van der Waals surface area contributed by atoms with E-state index < -0.39 is 0 Å². The summed E-state index contributed by atoms with van der Waals surface area (Å²) >= 11 is 0. The Kier molecular flexibility index (Phi) is 4.33. The Bertz CT molecular complexity index is 280. The molecule has 0 radical (unpaired) electrons. The molecule has 0 fully saturated rings. The van der Waals surface area contributed by atoms with Crippen LogP contribution >= 0.6 is 0 Å². The normalized spacial score (nSPS) is 12.4. The van der Waals surface area contributed by atoms with Gasteiger partial charge in [-0.1, -0.05) is 11.6 Å². The van der Waals surface area contributed by atoms with Gasteiger partial charge < -0.3 is 5.73 Å². The molecule has 0 bridgehead atoms. The van der Waals surface area contributed by atoms with Crippen LogP contribution < -0.4 is 5.73 Å². The summed E-state index contributed by atoms with van der Waals surface area (Å²) in [6.45, 7) is 5.90. The van der Waals surface area contributed by atoms with Crippen molar-refractivity contribution < 1.29 is 0 Å². The number of hydrogen-bond acceptors (Lipinski definition) is 2. The number of pyridine rings is 1. The average Bonchev–Trinajstić information content (AvgIpc) is 2.16. The molecule has 1 heterocycles. The molecule has 0 aliphatic heterocycles. The van der Waals surface area contributed by atoms with Crippen LogP contribution in [-0.4, -0.2) is 11.0 Å². The van der Waals surface area contributed by atoms with E-state index in [0.29, 0.717) is 0 Å². The Hall–Kier alpha value is -1.15. The number of aromatic nitrogens is 1. The quantitative estimate of drug-likeness (QED) is 0.724. The molecule has 1 atom stereocenters. The third-order valence-corrected chi connectivity index (χ3v) is 2.14. The van der Waals surface area contributed by atoms with Crippen molar-refractivity contribution in [2.45, 2.75) is 32.2 Å². The first kappa shape index (κ1) is 10.9. The molecule has 1 aromatic heterocycles. The molecule has 0 saturated carbocycles. The molecule has 1 rings (SSSR count). The fraction of sp³-hybridized carbons (Fsp3) is 0.417. The first-order valence-electron chi connectivity index (χ1n) is 4.98. The first-order valence-corrected chi connectivity index (χ1v) is 4.98. The maximum absolute atomic E-state index is 5.97. The van der Waals surface area contributed by atoms with E-state index >= 15 is 0 Å². The molecule has 0 aromatic carbocycles. The van der Waals surface area contributed by atoms with Crippen LogP contribution in [0.15, 0.2) is 36.5 Å². The van der Waals surface area contributed by atoms with Gasteiger partial charge in [-0.3, -0.25) is 4.98 Å². The number of nitrogens with zero attached hydrogens (tertiary/aromatic N) is 1. The molecule has 1 aromatic rings. The second-order valence-corrected chi connectivity index (χ2v) is 3.78. The van der Waals surface area contributed by atoms with Gasteiger partial charge in [0.05, 0.1) is 0 Å². The molecule has 2 nitrogen and oxygen atoms in total. The van der Waals surface area contributed by atoms with Crippen molar-refractivity contribution in [1.82, 2.24) is 4.98 Å². The Morgan fingerprint density at radius 1 is 1.57 bits per heavy atom. The summed E-state index contributed by atoms with van der Waals surface area (Å²) < 4.78 is 0. The maximum Gasteiger partial charge on any atom is 0.0419 e. The summed E-state index contributed by atoms with van der Waals surface area (Å²) in [5.41, 5.74) is 8.24. The van der Waals surface area contributed by atoms with Crippen molar-refractivity contribution in [3.05, 3.63) is 42.2 Å². The summed E-state index contributed by atoms with van der Waals surface area (Å²) in [5.74, 6) is 0. The summed E-state index contributed by atoms with van der Waals surface area (Å²) in [5, 5.41) is 0. The predicted molar refractivity (Wildman–Crippen MR) is 60.0 cm³/mol. The van der Waals surface area contributed by atoms with Crippen LogP contribution in [0.5, 0.6) is 0 Å². The Morgan fingerprint density at radius 2 is 2.36 bits per heavy atom. The van der Waals surface area contributed by atoms with Crippen LogP contribution in [0.3, 0.4) is 0 Å². The number of allylic oxidation sites excluding steroid dienone is 1. The van der Waals surface area contributed by atoms with Gasteiger partial charge >= 0.3 is 0 Å². The van der Waals surface area contributed by atoms with Gasteiger partial charge in [0.25, 0.3) is 0 Å². The molecule has 0 spiro atoms. The molecule has 0 aliphatic carbocycles. The number of nitrogens with two attached hydrogens (primary N) is 1. The van der Waals surface area contributed by atoms with Crippen LogP contribution in [0.2, 0.25) is 0 Å². The van der Waals surface area contributed by atoms with Crippen molar-refractivity contribution in [1.29, 1.82) is 0 Å². The van der Waals surface area contributed by atoms with Gasteiger partial charge in [0, 0.05) is 24.4 Å². The Balaban J connectivity index is 2.34. The van der Waals surface area contributed by atoms with Crippen LogP contribution in [-0.2, 0) is 6.42 Å². The van der Waals surface area contributed by atoms with Gasteiger partial charge in [-0.15, -0.1) is 6.58 Å². The van der Waals surface area contributed by atoms with E-state index in [2.05, 4.69) is 11.6 Å². The lowest BCUT2D eigenvalue weighted by atomic mass is 10.0. The highest BCUT2D eigenvalue weighted by molar-refractivity contribution is 5.05. The minimum Gasteiger partial charge on any atom is -0.327 e. The van der Waals surface area contributed by atoms with Crippen molar-refractivity contribution >= 4 is 0 Å². The molecule has 2 heteroatoms. The minimum atomic E-state index is 0.196. The van der Waals surface area contributed by atoms with E-state index in [9.17, 15) is 0 Å². The highest BCUT2D eigenvalue weighted by atomic mass is 14.7. The lowest BCUT2D eigenvalue weighted by molar-refractivity contribution is 0.601. The zero-order chi connectivity index (χ0) is 10.4. The monoisotopic (exact) mass is 190 g/mol. The van der Waals surface area contributed by atoms with Gasteiger partial charge in [0.15, 0.2) is 0 Å². The standard InChI is InChI=1S/C12H18N2/c1-10(2)6-7-11(13)9-12-5-3-4-8-14-12/h3-5,8,11H,1,6-7,9,13H2,2H3. The van der Waals surface area contributed by atoms with E-state index in [-0.39, 0.29) is 6.04 Å². The molecular weight excluding hydrogens is 172 g/mol. The van der Waals surface area contributed by atoms with Crippen molar-refractivity contribution in [3.8, 4) is 0 Å². The molecular formula is C12H18N2. The van der Waals surface area contributed by atoms with Gasteiger partial charge in [0.2, 0.25) is 0 Å². The van der Waals surface area contributed by atoms with Crippen LogP contribution in [0.1, 0.15) is 25.5 Å². The van der Waals surface area contributed by atoms with Crippen LogP contribution in [0.25, 0.3) is 0 Å². The van der Waals surface area contributed by atoms with Crippen LogP contribution in [0, 0.1) is 0 Å². The SMILES string of the molecule is C=C(C)CCC(N)Cc1ccccn1. The molecule has 0 saturated heterocycles. The molecule has 76 valence electrons. The lowest BCUT2D eigenvalue weighted by Gasteiger charge is -2.10. The summed E-state index contributed by atoms with van der Waals surface area (Å²) in [6, 6.07) is 6.12. The molecule has 2 N–H and O–H groups in total. The maximum atomic E-state index is 5.97. The topological polar surface area (TPSA) is 38.9 Å². The van der Waals surface area contributed by atoms with Gasteiger partial charge in [-0.25, -0.2) is 0 Å². The van der Waals surface area contributed by atoms with Gasteiger partial charge in [0.1, 0.15) is 0 Å². The summed E-state index contributed by atoms with van der Waals surface area (Å²) in [4.78, 5) is 4.24. The van der Waals surface area contributed by atoms with Crippen molar-refractivity contribution in [3.63, 3.8) is 0 Å². The fourth-order valence-corrected chi connectivity index (χ4v) is 1.32. The summed E-state index contributed by atoms with van der Waals surface area (Å²) in [7, 11) is 0. The molecule has 1 unspecified atom stereocenters. The van der Waals surface area contributed by atoms with E-state index in [4.69, 9.17) is 5.73 Å². The average molecular weight is 190 g/mol. The smallest absolute Gasteiger partial charge is 0.0419 e. The second-order valence-electron chi connectivity index (χ2n) is 3.78. The third kappa shape index (κ3) is 4.19. The Morgan fingerprint density at radius 3 is 2.93 bits per heavy atom. The summed E-state index contributed by atoms with van der Waals surface area (Å²) in [6.07, 6.45) is 4.66. The van der Waals surface area contributed by atoms with E-state index in [1.807, 2.05) is 25.1 Å². The third-order valence-electron chi connectivity index (χ3n) is 2.14. The number of hydrogen-bond donors (Lipinski definition) is 1. The molecule has 0 amide bonds. The highest BCUT2D eigenvalue weighted by Crippen LogP contribution is 2.06. The lowest BCUT2D eigenvalue weighted by Crippen LogP contribution is -2.23. The zero-order valence-electron chi connectivity index (χ0n) is 8.74. The Labute approximate surface area is 85.9 Å². The van der Waals surface area contributed by atoms with Gasteiger partial charge in [-0.05, 0) is 31.9 Å². The van der Waals surface area contributed by atoms with Crippen molar-refractivity contribution in [2.24, 2.45) is 5.73 Å². The van der Waals surface area contributed by atoms with E-state index in [1.54, 1.807) is 6.20 Å². The predicted octanol–water partition coefficient (Wildman–Crippen LogP) is 2.31. The minimum absolute atomic E-state index is 0.196. The second kappa shape index (κ2) is 5.55. The highest BCUT2D eigenvalue weighted by Gasteiger charge is 2.04. The first-order chi connectivity index (χ1) is 6.68. The van der Waals surface area contributed by atoms with E-state index in [0.717, 1.165) is 25.0 Å². The van der Waals surface area contributed by atoms with E-state index in [1.165, 1.54) is 5.57 Å². The van der Waals surface area contributed by atoms with Crippen molar-refractivity contribution in [2.75, 3.05) is 0 Å². The van der Waals surface area contributed by atoms with Gasteiger partial charge in [-0.2, -0.15) is 0 Å². The molecule has 14 heavy (non-hydrogen) atoms. The van der Waals surface area contributed by atoms with Crippen LogP contribution in [0.4, 0.5) is 0 Å². The molecule has 0 aliphatic rings. The zero-order valence-corrected chi connectivity index (χ0v) is 8.74.